The Hall–Kier alpha value is -2.27. The molecule has 0 saturated carbocycles. The lowest BCUT2D eigenvalue weighted by molar-refractivity contribution is 0.0707. The molecule has 2 N–H and O–H groups in total. The fourth-order valence-electron chi connectivity index (χ4n) is 3.22. The average Bonchev–Trinajstić information content (AvgIpc) is 2.63. The first-order valence-electron chi connectivity index (χ1n) is 8.11. The van der Waals surface area contributed by atoms with Crippen LogP contribution < -0.4 is 5.73 Å². The van der Waals surface area contributed by atoms with Crippen molar-refractivity contribution < 1.29 is 13.6 Å². The average molecular weight is 330 g/mol. The monoisotopic (exact) mass is 330 g/mol. The van der Waals surface area contributed by atoms with Gasteiger partial charge in [0.05, 0.1) is 5.56 Å². The van der Waals surface area contributed by atoms with Crippen LogP contribution in [0.2, 0.25) is 0 Å². The number of amides is 1. The SMILES string of the molecule is NCc1cccc(C2CCN(C(=O)c3cc(F)ccc3F)CC2)c1. The van der Waals surface area contributed by atoms with Gasteiger partial charge in [-0.1, -0.05) is 24.3 Å². The summed E-state index contributed by atoms with van der Waals surface area (Å²) < 4.78 is 27.1. The molecule has 3 nitrogen and oxygen atoms in total. The van der Waals surface area contributed by atoms with Crippen LogP contribution in [-0.2, 0) is 6.54 Å². The highest BCUT2D eigenvalue weighted by atomic mass is 19.1. The Labute approximate surface area is 140 Å². The summed E-state index contributed by atoms with van der Waals surface area (Å²) in [7, 11) is 0. The van der Waals surface area contributed by atoms with Gasteiger partial charge in [-0.25, -0.2) is 8.78 Å². The van der Waals surface area contributed by atoms with Crippen molar-refractivity contribution in [2.24, 2.45) is 5.73 Å². The fourth-order valence-corrected chi connectivity index (χ4v) is 3.22. The summed E-state index contributed by atoms with van der Waals surface area (Å²) in [4.78, 5) is 14.0. The molecule has 0 spiro atoms. The number of nitrogens with two attached hydrogens (primary N) is 1. The van der Waals surface area contributed by atoms with Gasteiger partial charge in [-0.15, -0.1) is 0 Å². The van der Waals surface area contributed by atoms with Crippen molar-refractivity contribution in [3.8, 4) is 0 Å². The quantitative estimate of drug-likeness (QED) is 0.937. The first kappa shape index (κ1) is 16.6. The molecule has 3 rings (SSSR count). The number of benzene rings is 2. The van der Waals surface area contributed by atoms with E-state index in [1.165, 1.54) is 5.56 Å². The number of hydrogen-bond donors (Lipinski definition) is 1. The number of rotatable bonds is 3. The van der Waals surface area contributed by atoms with Crippen LogP contribution in [0.3, 0.4) is 0 Å². The zero-order valence-electron chi connectivity index (χ0n) is 13.3. The molecule has 1 saturated heterocycles. The molecule has 0 unspecified atom stereocenters. The molecule has 0 bridgehead atoms. The van der Waals surface area contributed by atoms with E-state index in [0.29, 0.717) is 25.6 Å². The number of hydrogen-bond acceptors (Lipinski definition) is 2. The third-order valence-corrected chi connectivity index (χ3v) is 4.60. The van der Waals surface area contributed by atoms with Crippen LogP contribution in [0.15, 0.2) is 42.5 Å². The molecule has 0 aliphatic carbocycles. The van der Waals surface area contributed by atoms with Crippen LogP contribution in [0.1, 0.15) is 40.2 Å². The number of carbonyl (C=O) groups excluding carboxylic acids is 1. The maximum Gasteiger partial charge on any atom is 0.256 e. The Kier molecular flexibility index (Phi) is 4.90. The lowest BCUT2D eigenvalue weighted by atomic mass is 9.88. The van der Waals surface area contributed by atoms with E-state index in [2.05, 4.69) is 12.1 Å². The van der Waals surface area contributed by atoms with E-state index in [1.807, 2.05) is 12.1 Å². The van der Waals surface area contributed by atoms with Gasteiger partial charge in [0.1, 0.15) is 11.6 Å². The fraction of sp³-hybridized carbons (Fsp3) is 0.316. The Morgan fingerprint density at radius 1 is 1.12 bits per heavy atom. The molecule has 1 fully saturated rings. The van der Waals surface area contributed by atoms with E-state index < -0.39 is 17.5 Å². The summed E-state index contributed by atoms with van der Waals surface area (Å²) in [5.74, 6) is -1.37. The smallest absolute Gasteiger partial charge is 0.256 e. The molecule has 0 aromatic heterocycles. The zero-order chi connectivity index (χ0) is 17.1. The largest absolute Gasteiger partial charge is 0.339 e. The first-order chi connectivity index (χ1) is 11.6. The summed E-state index contributed by atoms with van der Waals surface area (Å²) in [5, 5.41) is 0. The minimum absolute atomic E-state index is 0.196. The highest BCUT2D eigenvalue weighted by molar-refractivity contribution is 5.94. The predicted molar refractivity (Wildman–Crippen MR) is 88.6 cm³/mol. The third-order valence-electron chi connectivity index (χ3n) is 4.60. The molecule has 126 valence electrons. The summed E-state index contributed by atoms with van der Waals surface area (Å²) >= 11 is 0. The zero-order valence-corrected chi connectivity index (χ0v) is 13.3. The molecule has 2 aromatic rings. The van der Waals surface area contributed by atoms with Crippen molar-refractivity contribution in [1.82, 2.24) is 4.90 Å². The van der Waals surface area contributed by atoms with Crippen LogP contribution in [0.5, 0.6) is 0 Å². The Balaban J connectivity index is 1.68. The molecule has 1 aliphatic rings. The van der Waals surface area contributed by atoms with Crippen LogP contribution in [0.4, 0.5) is 8.78 Å². The van der Waals surface area contributed by atoms with Crippen molar-refractivity contribution in [2.45, 2.75) is 25.3 Å². The van der Waals surface area contributed by atoms with Gasteiger partial charge in [0.15, 0.2) is 0 Å². The molecular formula is C19H20F2N2O. The molecule has 5 heteroatoms. The van der Waals surface area contributed by atoms with Gasteiger partial charge in [0.25, 0.3) is 5.91 Å². The molecule has 0 atom stereocenters. The third kappa shape index (κ3) is 3.46. The second-order valence-corrected chi connectivity index (χ2v) is 6.14. The molecule has 0 radical (unpaired) electrons. The summed E-state index contributed by atoms with van der Waals surface area (Å²) in [6.07, 6.45) is 1.60. The van der Waals surface area contributed by atoms with E-state index in [1.54, 1.807) is 4.90 Å². The number of piperidine rings is 1. The minimum atomic E-state index is -0.681. The van der Waals surface area contributed by atoms with E-state index in [0.717, 1.165) is 36.6 Å². The van der Waals surface area contributed by atoms with Crippen molar-refractivity contribution in [1.29, 1.82) is 0 Å². The lowest BCUT2D eigenvalue weighted by Gasteiger charge is -2.32. The Bertz CT molecular complexity index is 740. The van der Waals surface area contributed by atoms with Gasteiger partial charge in [-0.3, -0.25) is 4.79 Å². The topological polar surface area (TPSA) is 46.3 Å². The second-order valence-electron chi connectivity index (χ2n) is 6.14. The van der Waals surface area contributed by atoms with Crippen LogP contribution >= 0.6 is 0 Å². The molecule has 1 heterocycles. The van der Waals surface area contributed by atoms with Crippen molar-refractivity contribution in [3.63, 3.8) is 0 Å². The molecular weight excluding hydrogens is 310 g/mol. The number of likely N-dealkylation sites (tertiary alicyclic amines) is 1. The maximum absolute atomic E-state index is 13.8. The second kappa shape index (κ2) is 7.09. The number of halogens is 2. The van der Waals surface area contributed by atoms with Gasteiger partial charge >= 0.3 is 0 Å². The number of carbonyl (C=O) groups is 1. The first-order valence-corrected chi connectivity index (χ1v) is 8.11. The summed E-state index contributed by atoms with van der Waals surface area (Å²) in [6.45, 7) is 1.57. The Morgan fingerprint density at radius 2 is 1.88 bits per heavy atom. The van der Waals surface area contributed by atoms with Gasteiger partial charge in [0, 0.05) is 19.6 Å². The minimum Gasteiger partial charge on any atom is -0.339 e. The molecule has 24 heavy (non-hydrogen) atoms. The van der Waals surface area contributed by atoms with E-state index in [4.69, 9.17) is 5.73 Å². The van der Waals surface area contributed by atoms with E-state index >= 15 is 0 Å². The Morgan fingerprint density at radius 3 is 2.58 bits per heavy atom. The highest BCUT2D eigenvalue weighted by Gasteiger charge is 2.26. The number of nitrogens with zero attached hydrogens (tertiary/aromatic N) is 1. The van der Waals surface area contributed by atoms with Gasteiger partial charge < -0.3 is 10.6 Å². The van der Waals surface area contributed by atoms with Crippen LogP contribution in [0, 0.1) is 11.6 Å². The van der Waals surface area contributed by atoms with Gasteiger partial charge in [-0.05, 0) is 48.1 Å². The van der Waals surface area contributed by atoms with E-state index in [-0.39, 0.29) is 5.56 Å². The normalized spacial score (nSPS) is 15.5. The summed E-state index contributed by atoms with van der Waals surface area (Å²) in [5.41, 5.74) is 7.80. The van der Waals surface area contributed by atoms with Crippen molar-refractivity contribution in [3.05, 3.63) is 70.8 Å². The molecule has 1 amide bonds. The van der Waals surface area contributed by atoms with E-state index in [9.17, 15) is 13.6 Å². The van der Waals surface area contributed by atoms with Gasteiger partial charge in [0.2, 0.25) is 0 Å². The van der Waals surface area contributed by atoms with Crippen LogP contribution in [0.25, 0.3) is 0 Å². The lowest BCUT2D eigenvalue weighted by Crippen LogP contribution is -2.38. The highest BCUT2D eigenvalue weighted by Crippen LogP contribution is 2.29. The van der Waals surface area contributed by atoms with Crippen molar-refractivity contribution in [2.75, 3.05) is 13.1 Å². The molecule has 1 aliphatic heterocycles. The van der Waals surface area contributed by atoms with Crippen molar-refractivity contribution >= 4 is 5.91 Å². The molecule has 2 aromatic carbocycles. The van der Waals surface area contributed by atoms with Gasteiger partial charge in [-0.2, -0.15) is 0 Å². The van der Waals surface area contributed by atoms with Crippen LogP contribution in [-0.4, -0.2) is 23.9 Å². The standard InChI is InChI=1S/C19H20F2N2O/c20-16-4-5-18(21)17(11-16)19(24)23-8-6-14(7-9-23)15-3-1-2-13(10-15)12-22/h1-5,10-11,14H,6-9,12,22H2. The maximum atomic E-state index is 13.8. The summed E-state index contributed by atoms with van der Waals surface area (Å²) in [6, 6.07) is 11.2. The predicted octanol–water partition coefficient (Wildman–Crippen LogP) is 3.44.